The van der Waals surface area contributed by atoms with Crippen molar-refractivity contribution in [3.8, 4) is 0 Å². The predicted octanol–water partition coefficient (Wildman–Crippen LogP) is 2.83. The third-order valence-electron chi connectivity index (χ3n) is 4.26. The molecule has 126 valence electrons. The number of nitrogens with one attached hydrogen (secondary N) is 2. The van der Waals surface area contributed by atoms with Gasteiger partial charge < -0.3 is 11.1 Å². The van der Waals surface area contributed by atoms with Crippen molar-refractivity contribution in [2.24, 2.45) is 10.7 Å². The van der Waals surface area contributed by atoms with Crippen LogP contribution in [0.4, 0.5) is 11.6 Å². The molecule has 3 rings (SSSR count). The Morgan fingerprint density at radius 3 is 2.67 bits per heavy atom. The lowest BCUT2D eigenvalue weighted by atomic mass is 9.97. The van der Waals surface area contributed by atoms with E-state index < -0.39 is 0 Å². The minimum atomic E-state index is -0.104. The average Bonchev–Trinajstić information content (AvgIpc) is 2.55. The van der Waals surface area contributed by atoms with Gasteiger partial charge in [-0.25, -0.2) is 4.98 Å². The molecule has 1 aliphatic carbocycles. The van der Waals surface area contributed by atoms with Crippen molar-refractivity contribution in [2.45, 2.75) is 45.4 Å². The number of H-pyrrole nitrogens is 1. The number of hydrogen-bond donors (Lipinski definition) is 3. The molecule has 0 bridgehead atoms. The van der Waals surface area contributed by atoms with Crippen LogP contribution < -0.4 is 16.6 Å². The summed E-state index contributed by atoms with van der Waals surface area (Å²) in [6, 6.07) is 8.03. The highest BCUT2D eigenvalue weighted by atomic mass is 16.1. The first-order valence-corrected chi connectivity index (χ1v) is 8.36. The van der Waals surface area contributed by atoms with Crippen LogP contribution in [0.25, 0.3) is 0 Å². The van der Waals surface area contributed by atoms with Gasteiger partial charge in [0.25, 0.3) is 5.56 Å². The maximum Gasteiger partial charge on any atom is 0.255 e. The first kappa shape index (κ1) is 16.2. The summed E-state index contributed by atoms with van der Waals surface area (Å²) >= 11 is 0. The van der Waals surface area contributed by atoms with Crippen LogP contribution in [-0.4, -0.2) is 15.9 Å². The summed E-state index contributed by atoms with van der Waals surface area (Å²) in [5.74, 6) is 0.936. The molecule has 0 aliphatic heterocycles. The molecule has 0 amide bonds. The molecule has 4 N–H and O–H groups in total. The summed E-state index contributed by atoms with van der Waals surface area (Å²) in [5.41, 5.74) is 9.58. The lowest BCUT2D eigenvalue weighted by Gasteiger charge is -2.13. The Hall–Kier alpha value is -2.63. The van der Waals surface area contributed by atoms with Crippen LogP contribution in [0.3, 0.4) is 0 Å². The molecule has 6 heteroatoms. The fourth-order valence-corrected chi connectivity index (χ4v) is 2.88. The third kappa shape index (κ3) is 3.64. The molecular weight excluding hydrogens is 302 g/mol. The molecule has 0 unspecified atom stereocenters. The van der Waals surface area contributed by atoms with Crippen LogP contribution in [0.15, 0.2) is 34.1 Å². The molecular formula is C18H23N5O. The third-order valence-corrected chi connectivity index (χ3v) is 4.26. The second kappa shape index (κ2) is 6.86. The highest BCUT2D eigenvalue weighted by Crippen LogP contribution is 2.18. The number of guanidine groups is 1. The number of aromatic nitrogens is 2. The number of hydrogen-bond acceptors (Lipinski definition) is 3. The van der Waals surface area contributed by atoms with Gasteiger partial charge in [-0.15, -0.1) is 0 Å². The Bertz CT molecular complexity index is 805. The highest BCUT2D eigenvalue weighted by Gasteiger charge is 2.15. The Morgan fingerprint density at radius 1 is 1.25 bits per heavy atom. The van der Waals surface area contributed by atoms with Gasteiger partial charge in [-0.1, -0.05) is 26.0 Å². The molecule has 2 aromatic rings. The molecule has 0 saturated heterocycles. The van der Waals surface area contributed by atoms with Gasteiger partial charge in [-0.3, -0.25) is 9.78 Å². The van der Waals surface area contributed by atoms with Crippen LogP contribution in [0, 0.1) is 0 Å². The van der Waals surface area contributed by atoms with E-state index >= 15 is 0 Å². The summed E-state index contributed by atoms with van der Waals surface area (Å²) in [6.07, 6.45) is 3.71. The number of rotatable bonds is 3. The summed E-state index contributed by atoms with van der Waals surface area (Å²) in [6.45, 7) is 4.30. The highest BCUT2D eigenvalue weighted by molar-refractivity contribution is 5.93. The van der Waals surface area contributed by atoms with Gasteiger partial charge in [0.1, 0.15) is 0 Å². The van der Waals surface area contributed by atoms with E-state index in [1.807, 2.05) is 12.1 Å². The van der Waals surface area contributed by atoms with E-state index in [-0.39, 0.29) is 17.5 Å². The van der Waals surface area contributed by atoms with Crippen LogP contribution in [-0.2, 0) is 12.8 Å². The average molecular weight is 325 g/mol. The van der Waals surface area contributed by atoms with Gasteiger partial charge in [0.15, 0.2) is 0 Å². The minimum absolute atomic E-state index is 0.104. The maximum atomic E-state index is 12.1. The van der Waals surface area contributed by atoms with E-state index in [2.05, 4.69) is 46.3 Å². The van der Waals surface area contributed by atoms with Crippen molar-refractivity contribution in [3.05, 3.63) is 51.4 Å². The van der Waals surface area contributed by atoms with Crippen LogP contribution in [0.2, 0.25) is 0 Å². The Balaban J connectivity index is 1.78. The molecule has 0 radical (unpaired) electrons. The van der Waals surface area contributed by atoms with Gasteiger partial charge in [0, 0.05) is 11.3 Å². The molecule has 1 heterocycles. The van der Waals surface area contributed by atoms with Gasteiger partial charge >= 0.3 is 0 Å². The minimum Gasteiger partial charge on any atom is -0.369 e. The smallest absolute Gasteiger partial charge is 0.255 e. The van der Waals surface area contributed by atoms with E-state index in [4.69, 9.17) is 5.73 Å². The molecule has 24 heavy (non-hydrogen) atoms. The molecule has 0 atom stereocenters. The monoisotopic (exact) mass is 325 g/mol. The number of aliphatic imine (C=N–C) groups is 1. The van der Waals surface area contributed by atoms with E-state index in [0.717, 1.165) is 42.6 Å². The van der Waals surface area contributed by atoms with Crippen molar-refractivity contribution >= 4 is 17.6 Å². The number of aryl methyl sites for hydroxylation is 1. The molecule has 6 nitrogen and oxygen atoms in total. The topological polar surface area (TPSA) is 96.2 Å². The van der Waals surface area contributed by atoms with E-state index in [1.165, 1.54) is 5.56 Å². The van der Waals surface area contributed by atoms with Crippen molar-refractivity contribution < 1.29 is 0 Å². The Kier molecular flexibility index (Phi) is 4.64. The van der Waals surface area contributed by atoms with Crippen LogP contribution in [0.1, 0.15) is 49.4 Å². The second-order valence-electron chi connectivity index (χ2n) is 6.42. The van der Waals surface area contributed by atoms with Crippen molar-refractivity contribution in [3.63, 3.8) is 0 Å². The van der Waals surface area contributed by atoms with Crippen molar-refractivity contribution in [2.75, 3.05) is 5.32 Å². The summed E-state index contributed by atoms with van der Waals surface area (Å²) in [4.78, 5) is 23.4. The van der Waals surface area contributed by atoms with E-state index in [1.54, 1.807) is 0 Å². The SMILES string of the molecule is CC(C)c1ccc(NC(N)=Nc2nc3c(c(=O)[nH]2)CCCC3)cc1. The molecule has 1 aliphatic rings. The summed E-state index contributed by atoms with van der Waals surface area (Å²) in [5, 5.41) is 3.02. The summed E-state index contributed by atoms with van der Waals surface area (Å²) < 4.78 is 0. The quantitative estimate of drug-likeness (QED) is 0.597. The second-order valence-corrected chi connectivity index (χ2v) is 6.42. The van der Waals surface area contributed by atoms with Crippen LogP contribution >= 0.6 is 0 Å². The molecule has 0 spiro atoms. The number of anilines is 1. The Labute approximate surface area is 141 Å². The molecule has 0 fully saturated rings. The van der Waals surface area contributed by atoms with Crippen molar-refractivity contribution in [1.82, 2.24) is 9.97 Å². The molecule has 0 saturated carbocycles. The van der Waals surface area contributed by atoms with Crippen molar-refractivity contribution in [1.29, 1.82) is 0 Å². The van der Waals surface area contributed by atoms with E-state index in [9.17, 15) is 4.79 Å². The number of nitrogens with two attached hydrogens (primary N) is 1. The fraction of sp³-hybridized carbons (Fsp3) is 0.389. The Morgan fingerprint density at radius 2 is 1.96 bits per heavy atom. The maximum absolute atomic E-state index is 12.1. The standard InChI is InChI=1S/C18H23N5O/c1-11(2)12-7-9-13(10-8-12)20-17(19)23-18-21-15-6-4-3-5-14(15)16(24)22-18/h7-11H,3-6H2,1-2H3,(H4,19,20,21,22,23,24). The number of aromatic amines is 1. The number of benzene rings is 1. The zero-order chi connectivity index (χ0) is 17.1. The van der Waals surface area contributed by atoms with Gasteiger partial charge in [0.2, 0.25) is 11.9 Å². The lowest BCUT2D eigenvalue weighted by molar-refractivity contribution is 0.657. The van der Waals surface area contributed by atoms with Gasteiger partial charge in [-0.2, -0.15) is 4.99 Å². The number of nitrogens with zero attached hydrogens (tertiary/aromatic N) is 2. The summed E-state index contributed by atoms with van der Waals surface area (Å²) in [7, 11) is 0. The van der Waals surface area contributed by atoms with Gasteiger partial charge in [0.05, 0.1) is 5.69 Å². The molecule has 1 aromatic heterocycles. The zero-order valence-corrected chi connectivity index (χ0v) is 14.1. The lowest BCUT2D eigenvalue weighted by Crippen LogP contribution is -2.24. The predicted molar refractivity (Wildman–Crippen MR) is 96.9 cm³/mol. The number of fused-ring (bicyclic) bond motifs is 1. The normalized spacial score (nSPS) is 14.5. The van der Waals surface area contributed by atoms with Gasteiger partial charge in [-0.05, 0) is 49.3 Å². The fourth-order valence-electron chi connectivity index (χ4n) is 2.88. The zero-order valence-electron chi connectivity index (χ0n) is 14.1. The first-order valence-electron chi connectivity index (χ1n) is 8.36. The molecule has 1 aromatic carbocycles. The first-order chi connectivity index (χ1) is 11.5. The largest absolute Gasteiger partial charge is 0.369 e. The van der Waals surface area contributed by atoms with Crippen LogP contribution in [0.5, 0.6) is 0 Å². The van der Waals surface area contributed by atoms with E-state index in [0.29, 0.717) is 5.92 Å².